The fourth-order valence-corrected chi connectivity index (χ4v) is 2.56. The van der Waals surface area contributed by atoms with Crippen molar-refractivity contribution in [1.29, 1.82) is 5.26 Å². The van der Waals surface area contributed by atoms with E-state index < -0.39 is 22.0 Å². The third kappa shape index (κ3) is 3.06. The topological polar surface area (TPSA) is 107 Å². The number of benzene rings is 1. The average molecular weight is 268 g/mol. The second kappa shape index (κ2) is 5.16. The summed E-state index contributed by atoms with van der Waals surface area (Å²) in [6.07, 6.45) is 0. The van der Waals surface area contributed by atoms with Gasteiger partial charge in [-0.05, 0) is 37.6 Å². The van der Waals surface area contributed by atoms with Crippen molar-refractivity contribution in [2.24, 2.45) is 0 Å². The summed E-state index contributed by atoms with van der Waals surface area (Å²) in [4.78, 5) is 10.5. The first-order valence-electron chi connectivity index (χ1n) is 5.04. The zero-order valence-corrected chi connectivity index (χ0v) is 10.7. The van der Waals surface area contributed by atoms with Gasteiger partial charge >= 0.3 is 5.97 Å². The molecule has 0 spiro atoms. The Kier molecular flexibility index (Phi) is 4.06. The molecule has 96 valence electrons. The minimum absolute atomic E-state index is 0.0629. The van der Waals surface area contributed by atoms with E-state index in [1.165, 1.54) is 25.1 Å². The van der Waals surface area contributed by atoms with Crippen LogP contribution in [0.15, 0.2) is 23.1 Å². The lowest BCUT2D eigenvalue weighted by Gasteiger charge is -2.10. The molecule has 2 N–H and O–H groups in total. The van der Waals surface area contributed by atoms with Gasteiger partial charge in [0.05, 0.1) is 16.5 Å². The van der Waals surface area contributed by atoms with Crippen LogP contribution in [0.2, 0.25) is 0 Å². The molecule has 7 heteroatoms. The molecular formula is C11H12N2O4S. The Balaban J connectivity index is 3.11. The molecule has 0 saturated heterocycles. The molecule has 18 heavy (non-hydrogen) atoms. The van der Waals surface area contributed by atoms with Crippen LogP contribution >= 0.6 is 0 Å². The lowest BCUT2D eigenvalue weighted by atomic mass is 10.1. The van der Waals surface area contributed by atoms with Gasteiger partial charge in [-0.15, -0.1) is 0 Å². The fraction of sp³-hybridized carbons (Fsp3) is 0.273. The number of carbonyl (C=O) groups is 1. The van der Waals surface area contributed by atoms with Gasteiger partial charge in [0.2, 0.25) is 10.0 Å². The number of sulfonamides is 1. The Labute approximate surface area is 105 Å². The highest BCUT2D eigenvalue weighted by Gasteiger charge is 2.21. The van der Waals surface area contributed by atoms with E-state index in [4.69, 9.17) is 10.4 Å². The molecule has 1 aromatic rings. The first kappa shape index (κ1) is 14.2. The molecular weight excluding hydrogens is 256 g/mol. The van der Waals surface area contributed by atoms with Crippen LogP contribution < -0.4 is 4.72 Å². The summed E-state index contributed by atoms with van der Waals surface area (Å²) in [7, 11) is -3.89. The van der Waals surface area contributed by atoms with Crippen LogP contribution in [0.25, 0.3) is 0 Å². The van der Waals surface area contributed by atoms with Crippen LogP contribution in [0.5, 0.6) is 0 Å². The Bertz CT molecular complexity index is 616. The van der Waals surface area contributed by atoms with Gasteiger partial charge in [-0.3, -0.25) is 4.79 Å². The third-order valence-corrected chi connectivity index (χ3v) is 3.87. The Hall–Kier alpha value is -1.91. The van der Waals surface area contributed by atoms with Crippen molar-refractivity contribution in [3.8, 4) is 6.07 Å². The lowest BCUT2D eigenvalue weighted by molar-refractivity contribution is -0.138. The van der Waals surface area contributed by atoms with Gasteiger partial charge < -0.3 is 5.11 Å². The van der Waals surface area contributed by atoms with Gasteiger partial charge in [0, 0.05) is 0 Å². The molecule has 0 aromatic heterocycles. The molecule has 1 atom stereocenters. The molecule has 0 saturated carbocycles. The molecule has 0 radical (unpaired) electrons. The second-order valence-corrected chi connectivity index (χ2v) is 5.48. The summed E-state index contributed by atoms with van der Waals surface area (Å²) in [6, 6.07) is 4.69. The summed E-state index contributed by atoms with van der Waals surface area (Å²) < 4.78 is 25.7. The van der Waals surface area contributed by atoms with Crippen molar-refractivity contribution in [2.45, 2.75) is 24.8 Å². The van der Waals surface area contributed by atoms with Crippen LogP contribution in [0, 0.1) is 18.3 Å². The van der Waals surface area contributed by atoms with E-state index in [0.717, 1.165) is 0 Å². The largest absolute Gasteiger partial charge is 0.480 e. The van der Waals surface area contributed by atoms with Crippen LogP contribution in [0.1, 0.15) is 18.1 Å². The SMILES string of the molecule is Cc1cc(S(=O)(=O)NC(C)C(=O)O)ccc1C#N. The fourth-order valence-electron chi connectivity index (χ4n) is 1.28. The van der Waals surface area contributed by atoms with E-state index >= 15 is 0 Å². The monoisotopic (exact) mass is 268 g/mol. The normalized spacial score (nSPS) is 12.7. The zero-order chi connectivity index (χ0) is 13.9. The van der Waals surface area contributed by atoms with E-state index in [1.807, 2.05) is 10.8 Å². The van der Waals surface area contributed by atoms with Gasteiger partial charge in [0.15, 0.2) is 0 Å². The van der Waals surface area contributed by atoms with Gasteiger partial charge in [-0.2, -0.15) is 9.98 Å². The van der Waals surface area contributed by atoms with E-state index in [1.54, 1.807) is 6.92 Å². The predicted molar refractivity (Wildman–Crippen MR) is 63.3 cm³/mol. The first-order chi connectivity index (χ1) is 8.27. The number of hydrogen-bond donors (Lipinski definition) is 2. The van der Waals surface area contributed by atoms with Crippen molar-refractivity contribution in [2.75, 3.05) is 0 Å². The molecule has 0 aliphatic heterocycles. The number of carboxylic acids is 1. The van der Waals surface area contributed by atoms with E-state index in [0.29, 0.717) is 11.1 Å². The number of nitriles is 1. The molecule has 0 bridgehead atoms. The molecule has 1 unspecified atom stereocenters. The Morgan fingerprint density at radius 3 is 2.56 bits per heavy atom. The van der Waals surface area contributed by atoms with Gasteiger partial charge in [0.25, 0.3) is 0 Å². The average Bonchev–Trinajstić information content (AvgIpc) is 2.28. The highest BCUT2D eigenvalue weighted by atomic mass is 32.2. The zero-order valence-electron chi connectivity index (χ0n) is 9.84. The number of nitrogens with one attached hydrogen (secondary N) is 1. The quantitative estimate of drug-likeness (QED) is 0.832. The van der Waals surface area contributed by atoms with Crippen LogP contribution in [-0.4, -0.2) is 25.5 Å². The van der Waals surface area contributed by atoms with Gasteiger partial charge in [-0.25, -0.2) is 8.42 Å². The Morgan fingerprint density at radius 2 is 2.11 bits per heavy atom. The van der Waals surface area contributed by atoms with Crippen molar-refractivity contribution < 1.29 is 18.3 Å². The third-order valence-electron chi connectivity index (χ3n) is 2.33. The minimum atomic E-state index is -3.89. The van der Waals surface area contributed by atoms with Crippen molar-refractivity contribution in [1.82, 2.24) is 4.72 Å². The highest BCUT2D eigenvalue weighted by Crippen LogP contribution is 2.15. The lowest BCUT2D eigenvalue weighted by Crippen LogP contribution is -2.38. The molecule has 0 amide bonds. The summed E-state index contributed by atoms with van der Waals surface area (Å²) >= 11 is 0. The standard InChI is InChI=1S/C11H12N2O4S/c1-7-5-10(4-3-9(7)6-12)18(16,17)13-8(2)11(14)15/h3-5,8,13H,1-2H3,(H,14,15). The summed E-state index contributed by atoms with van der Waals surface area (Å²) in [5.74, 6) is -1.26. The Morgan fingerprint density at radius 1 is 1.50 bits per heavy atom. The maximum atomic E-state index is 11.8. The molecule has 0 aliphatic rings. The number of aliphatic carboxylic acids is 1. The summed E-state index contributed by atoms with van der Waals surface area (Å²) in [5, 5.41) is 17.4. The number of carboxylic acid groups (broad SMARTS) is 1. The number of nitrogens with zero attached hydrogens (tertiary/aromatic N) is 1. The van der Waals surface area contributed by atoms with Crippen LogP contribution in [0.4, 0.5) is 0 Å². The number of hydrogen-bond acceptors (Lipinski definition) is 4. The molecule has 0 aliphatic carbocycles. The number of aryl methyl sites for hydroxylation is 1. The van der Waals surface area contributed by atoms with E-state index in [-0.39, 0.29) is 4.90 Å². The van der Waals surface area contributed by atoms with Crippen LogP contribution in [0.3, 0.4) is 0 Å². The van der Waals surface area contributed by atoms with Gasteiger partial charge in [0.1, 0.15) is 6.04 Å². The molecule has 1 aromatic carbocycles. The number of rotatable bonds is 4. The van der Waals surface area contributed by atoms with Crippen molar-refractivity contribution in [3.05, 3.63) is 29.3 Å². The van der Waals surface area contributed by atoms with Gasteiger partial charge in [-0.1, -0.05) is 0 Å². The molecule has 6 nitrogen and oxygen atoms in total. The highest BCUT2D eigenvalue weighted by molar-refractivity contribution is 7.89. The maximum absolute atomic E-state index is 11.8. The van der Waals surface area contributed by atoms with Crippen molar-refractivity contribution in [3.63, 3.8) is 0 Å². The first-order valence-corrected chi connectivity index (χ1v) is 6.52. The smallest absolute Gasteiger partial charge is 0.321 e. The van der Waals surface area contributed by atoms with E-state index in [9.17, 15) is 13.2 Å². The van der Waals surface area contributed by atoms with Crippen molar-refractivity contribution >= 4 is 16.0 Å². The summed E-state index contributed by atoms with van der Waals surface area (Å²) in [6.45, 7) is 2.84. The predicted octanol–water partition coefficient (Wildman–Crippen LogP) is 0.618. The molecule has 1 rings (SSSR count). The summed E-state index contributed by atoms with van der Waals surface area (Å²) in [5.41, 5.74) is 0.892. The second-order valence-electron chi connectivity index (χ2n) is 3.77. The maximum Gasteiger partial charge on any atom is 0.321 e. The van der Waals surface area contributed by atoms with E-state index in [2.05, 4.69) is 0 Å². The van der Waals surface area contributed by atoms with Crippen LogP contribution in [-0.2, 0) is 14.8 Å². The minimum Gasteiger partial charge on any atom is -0.480 e. The molecule has 0 heterocycles. The molecule has 0 fully saturated rings.